The Morgan fingerprint density at radius 1 is 1.21 bits per heavy atom. The summed E-state index contributed by atoms with van der Waals surface area (Å²) in [6.07, 6.45) is 1.22. The van der Waals surface area contributed by atoms with Crippen LogP contribution in [0.2, 0.25) is 5.15 Å². The van der Waals surface area contributed by atoms with E-state index in [0.717, 1.165) is 42.9 Å². The van der Waals surface area contributed by atoms with Crippen molar-refractivity contribution >= 4 is 36.3 Å². The molecular weight excluding hydrogens is 348 g/mol. The molecule has 1 N–H and O–H groups in total. The number of aliphatic hydroxyl groups is 1. The van der Waals surface area contributed by atoms with Gasteiger partial charge in [0.25, 0.3) is 0 Å². The maximum atomic E-state index is 11.4. The average molecular weight is 365 g/mol. The lowest BCUT2D eigenvalue weighted by Gasteiger charge is -2.30. The van der Waals surface area contributed by atoms with Crippen molar-refractivity contribution in [3.63, 3.8) is 0 Å². The van der Waals surface area contributed by atoms with Crippen LogP contribution in [0.15, 0.2) is 36.4 Å². The lowest BCUT2D eigenvalue weighted by atomic mass is 10.0. The third-order valence-electron chi connectivity index (χ3n) is 4.11. The Morgan fingerprint density at radius 2 is 1.88 bits per heavy atom. The Labute approximate surface area is 150 Å². The van der Waals surface area contributed by atoms with Crippen LogP contribution in [0.4, 0.5) is 5.82 Å². The molecule has 126 valence electrons. The first-order valence-corrected chi connectivity index (χ1v) is 8.38. The average Bonchev–Trinajstić information content (AvgIpc) is 2.61. The first-order chi connectivity index (χ1) is 11.6. The van der Waals surface area contributed by atoms with Crippen LogP contribution < -0.4 is 4.90 Å². The van der Waals surface area contributed by atoms with Gasteiger partial charge in [0.15, 0.2) is 0 Å². The van der Waals surface area contributed by atoms with Crippen LogP contribution >= 0.6 is 24.5 Å². The summed E-state index contributed by atoms with van der Waals surface area (Å²) in [6, 6.07) is 10.8. The highest BCUT2D eigenvalue weighted by Crippen LogP contribution is 2.28. The molecule has 3 rings (SSSR count). The standard InChI is InChI=1S/C17H17ClN2O3S/c18-15-9-13(11-1-3-12(4-2-11)17(22)23-24)10-16(19-15)20-7-5-14(21)6-8-20/h1-4,9-10,14,21,24H,5-8H2. The van der Waals surface area contributed by atoms with E-state index in [2.05, 4.69) is 27.0 Å². The van der Waals surface area contributed by atoms with Gasteiger partial charge in [0.05, 0.1) is 11.7 Å². The summed E-state index contributed by atoms with van der Waals surface area (Å²) in [6.45, 7) is 1.50. The predicted octanol–water partition coefficient (Wildman–Crippen LogP) is 3.36. The molecule has 5 nitrogen and oxygen atoms in total. The zero-order valence-corrected chi connectivity index (χ0v) is 14.5. The Hall–Kier alpha value is -1.76. The van der Waals surface area contributed by atoms with E-state index in [4.69, 9.17) is 11.6 Å². The molecule has 1 fully saturated rings. The largest absolute Gasteiger partial charge is 0.393 e. The van der Waals surface area contributed by atoms with Crippen molar-refractivity contribution in [3.8, 4) is 11.1 Å². The first-order valence-electron chi connectivity index (χ1n) is 7.63. The fraction of sp³-hybridized carbons (Fsp3) is 0.294. The summed E-state index contributed by atoms with van der Waals surface area (Å²) in [5.74, 6) is 0.299. The molecular formula is C17H17ClN2O3S. The molecule has 0 spiro atoms. The number of halogens is 1. The topological polar surface area (TPSA) is 62.7 Å². The van der Waals surface area contributed by atoms with E-state index in [1.807, 2.05) is 18.2 Å². The number of thiol groups is 1. The lowest BCUT2D eigenvalue weighted by molar-refractivity contribution is 0.0772. The Kier molecular flexibility index (Phi) is 5.28. The van der Waals surface area contributed by atoms with Crippen LogP contribution in [-0.2, 0) is 4.18 Å². The monoisotopic (exact) mass is 364 g/mol. The third kappa shape index (κ3) is 3.83. The van der Waals surface area contributed by atoms with Gasteiger partial charge in [-0.3, -0.25) is 0 Å². The Balaban J connectivity index is 1.87. The number of anilines is 1. The van der Waals surface area contributed by atoms with Gasteiger partial charge in [0.1, 0.15) is 11.0 Å². The molecule has 2 aromatic rings. The first kappa shape index (κ1) is 17.1. The molecule has 1 aliphatic heterocycles. The van der Waals surface area contributed by atoms with E-state index in [-0.39, 0.29) is 6.10 Å². The van der Waals surface area contributed by atoms with Gasteiger partial charge in [0.2, 0.25) is 0 Å². The number of aromatic nitrogens is 1. The number of carbonyl (C=O) groups excluding carboxylic acids is 1. The Bertz CT molecular complexity index is 731. The Morgan fingerprint density at radius 3 is 2.50 bits per heavy atom. The normalized spacial score (nSPS) is 15.4. The van der Waals surface area contributed by atoms with Crippen molar-refractivity contribution in [2.45, 2.75) is 18.9 Å². The number of hydrogen-bond acceptors (Lipinski definition) is 6. The number of pyridine rings is 1. The van der Waals surface area contributed by atoms with Crippen LogP contribution in [-0.4, -0.2) is 35.3 Å². The second-order valence-corrected chi connectivity index (χ2v) is 6.28. The van der Waals surface area contributed by atoms with Gasteiger partial charge in [0, 0.05) is 26.0 Å². The molecule has 7 heteroatoms. The summed E-state index contributed by atoms with van der Waals surface area (Å²) in [5.41, 5.74) is 2.27. The molecule has 1 aromatic carbocycles. The molecule has 0 saturated carbocycles. The molecule has 24 heavy (non-hydrogen) atoms. The van der Waals surface area contributed by atoms with Crippen molar-refractivity contribution in [1.82, 2.24) is 4.98 Å². The van der Waals surface area contributed by atoms with Crippen molar-refractivity contribution in [1.29, 1.82) is 0 Å². The lowest BCUT2D eigenvalue weighted by Crippen LogP contribution is -2.36. The van der Waals surface area contributed by atoms with Crippen molar-refractivity contribution in [2.24, 2.45) is 0 Å². The second kappa shape index (κ2) is 7.42. The molecule has 2 heterocycles. The summed E-state index contributed by atoms with van der Waals surface area (Å²) in [7, 11) is 0. The smallest absolute Gasteiger partial charge is 0.349 e. The molecule has 0 amide bonds. The number of carbonyl (C=O) groups is 1. The van der Waals surface area contributed by atoms with Gasteiger partial charge in [-0.1, -0.05) is 23.7 Å². The number of piperidine rings is 1. The summed E-state index contributed by atoms with van der Waals surface area (Å²) >= 11 is 9.70. The van der Waals surface area contributed by atoms with Gasteiger partial charge in [-0.05, 0) is 48.2 Å². The van der Waals surface area contributed by atoms with E-state index in [1.54, 1.807) is 18.2 Å². The van der Waals surface area contributed by atoms with Crippen molar-refractivity contribution in [3.05, 3.63) is 47.1 Å². The van der Waals surface area contributed by atoms with E-state index >= 15 is 0 Å². The van der Waals surface area contributed by atoms with Crippen LogP contribution in [0.1, 0.15) is 23.2 Å². The molecule has 0 atom stereocenters. The minimum Gasteiger partial charge on any atom is -0.393 e. The van der Waals surface area contributed by atoms with Crippen LogP contribution in [0, 0.1) is 0 Å². The highest BCUT2D eigenvalue weighted by Gasteiger charge is 2.19. The van der Waals surface area contributed by atoms with Gasteiger partial charge >= 0.3 is 5.97 Å². The minimum absolute atomic E-state index is 0.237. The number of hydrogen-bond donors (Lipinski definition) is 2. The molecule has 1 aliphatic rings. The van der Waals surface area contributed by atoms with Crippen LogP contribution in [0.5, 0.6) is 0 Å². The van der Waals surface area contributed by atoms with Crippen molar-refractivity contribution in [2.75, 3.05) is 18.0 Å². The zero-order valence-electron chi connectivity index (χ0n) is 12.9. The zero-order chi connectivity index (χ0) is 17.1. The van der Waals surface area contributed by atoms with Gasteiger partial charge in [-0.15, -0.1) is 0 Å². The van der Waals surface area contributed by atoms with Crippen molar-refractivity contribution < 1.29 is 14.1 Å². The fourth-order valence-corrected chi connectivity index (χ4v) is 3.07. The number of aliphatic hydroxyl groups excluding tert-OH is 1. The SMILES string of the molecule is O=C(OS)c1ccc(-c2cc(Cl)nc(N3CCC(O)CC3)c2)cc1. The molecule has 1 aromatic heterocycles. The number of benzene rings is 1. The van der Waals surface area contributed by atoms with Crippen LogP contribution in [0.25, 0.3) is 11.1 Å². The van der Waals surface area contributed by atoms with E-state index < -0.39 is 5.97 Å². The fourth-order valence-electron chi connectivity index (χ4n) is 2.76. The number of nitrogens with zero attached hydrogens (tertiary/aromatic N) is 2. The summed E-state index contributed by atoms with van der Waals surface area (Å²) in [4.78, 5) is 18.0. The highest BCUT2D eigenvalue weighted by molar-refractivity contribution is 7.75. The predicted molar refractivity (Wildman–Crippen MR) is 96.5 cm³/mol. The highest BCUT2D eigenvalue weighted by atomic mass is 35.5. The second-order valence-electron chi connectivity index (χ2n) is 5.71. The molecule has 1 saturated heterocycles. The maximum absolute atomic E-state index is 11.4. The third-order valence-corrected chi connectivity index (χ3v) is 4.47. The van der Waals surface area contributed by atoms with Gasteiger partial charge in [-0.2, -0.15) is 0 Å². The molecule has 0 radical (unpaired) electrons. The van der Waals surface area contributed by atoms with E-state index in [1.165, 1.54) is 0 Å². The number of rotatable bonds is 3. The maximum Gasteiger partial charge on any atom is 0.349 e. The van der Waals surface area contributed by atoms with Gasteiger partial charge in [-0.25, -0.2) is 9.78 Å². The molecule has 0 unspecified atom stereocenters. The minimum atomic E-state index is -0.495. The van der Waals surface area contributed by atoms with E-state index in [9.17, 15) is 9.90 Å². The van der Waals surface area contributed by atoms with Crippen LogP contribution in [0.3, 0.4) is 0 Å². The molecule has 0 aliphatic carbocycles. The summed E-state index contributed by atoms with van der Waals surface area (Å²) in [5, 5.41) is 10.0. The quantitative estimate of drug-likeness (QED) is 0.496. The van der Waals surface area contributed by atoms with E-state index in [0.29, 0.717) is 10.7 Å². The molecule has 0 bridgehead atoms. The summed E-state index contributed by atoms with van der Waals surface area (Å²) < 4.78 is 4.41. The van der Waals surface area contributed by atoms with Gasteiger partial charge < -0.3 is 14.2 Å².